The van der Waals surface area contributed by atoms with Crippen molar-refractivity contribution in [2.24, 2.45) is 23.7 Å². The lowest BCUT2D eigenvalue weighted by atomic mass is 9.60. The van der Waals surface area contributed by atoms with Crippen LogP contribution in [0.3, 0.4) is 0 Å². The van der Waals surface area contributed by atoms with Gasteiger partial charge in [-0.2, -0.15) is 5.10 Å². The van der Waals surface area contributed by atoms with Crippen LogP contribution in [0.5, 0.6) is 5.88 Å². The van der Waals surface area contributed by atoms with E-state index >= 15 is 0 Å². The van der Waals surface area contributed by atoms with Crippen molar-refractivity contribution in [3.63, 3.8) is 0 Å². The molecule has 204 valence electrons. The van der Waals surface area contributed by atoms with E-state index in [0.29, 0.717) is 36.4 Å². The van der Waals surface area contributed by atoms with E-state index in [9.17, 15) is 14.4 Å². The van der Waals surface area contributed by atoms with Gasteiger partial charge < -0.3 is 20.7 Å². The first kappa shape index (κ1) is 28.5. The van der Waals surface area contributed by atoms with Crippen LogP contribution in [-0.4, -0.2) is 52.2 Å². The lowest BCUT2D eigenvalue weighted by molar-refractivity contribution is -0.120. The summed E-state index contributed by atoms with van der Waals surface area (Å²) in [5.74, 6) is 1.29. The lowest BCUT2D eigenvalue weighted by Crippen LogP contribution is -2.54. The zero-order valence-electron chi connectivity index (χ0n) is 23.3. The number of rotatable bonds is 11. The van der Waals surface area contributed by atoms with E-state index in [1.807, 2.05) is 33.8 Å². The summed E-state index contributed by atoms with van der Waals surface area (Å²) in [6.45, 7) is 14.1. The Bertz CT molecular complexity index is 1050. The van der Waals surface area contributed by atoms with Gasteiger partial charge in [-0.15, -0.1) is 0 Å². The van der Waals surface area contributed by atoms with E-state index in [-0.39, 0.29) is 35.6 Å². The fourth-order valence-electron chi connectivity index (χ4n) is 5.25. The van der Waals surface area contributed by atoms with E-state index in [1.54, 1.807) is 17.1 Å². The molecule has 2 aliphatic carbocycles. The molecule has 1 aromatic rings. The Morgan fingerprint density at radius 1 is 1.24 bits per heavy atom. The van der Waals surface area contributed by atoms with Gasteiger partial charge in [0, 0.05) is 38.6 Å². The Morgan fingerprint density at radius 3 is 2.59 bits per heavy atom. The van der Waals surface area contributed by atoms with Crippen LogP contribution >= 0.6 is 0 Å². The average molecular weight is 514 g/mol. The van der Waals surface area contributed by atoms with Gasteiger partial charge in [0.05, 0.1) is 18.3 Å². The smallest absolute Gasteiger partial charge is 0.258 e. The Kier molecular flexibility index (Phi) is 9.21. The highest BCUT2D eigenvalue weighted by molar-refractivity contribution is 5.96. The first-order valence-corrected chi connectivity index (χ1v) is 13.4. The van der Waals surface area contributed by atoms with Crippen LogP contribution in [0.1, 0.15) is 78.1 Å². The minimum Gasteiger partial charge on any atom is -0.477 e. The van der Waals surface area contributed by atoms with Crippen molar-refractivity contribution in [1.82, 2.24) is 25.7 Å². The molecule has 9 nitrogen and oxygen atoms in total. The quantitative estimate of drug-likeness (QED) is 0.392. The Labute approximate surface area is 220 Å². The molecule has 1 heterocycles. The normalized spacial score (nSPS) is 23.2. The third-order valence-corrected chi connectivity index (χ3v) is 7.13. The SMILES string of the molecule is CCC1CC=C2C(C[C@H]2CNC(C)=O)[C@@H]1NC(=O)c1cnn(/C=C/C(C)(C)NC(C)=O)c1OCC(C)C. The number of amides is 3. The summed E-state index contributed by atoms with van der Waals surface area (Å²) in [5, 5.41) is 13.5. The first-order valence-electron chi connectivity index (χ1n) is 13.4. The molecule has 3 amide bonds. The number of hydrogen-bond acceptors (Lipinski definition) is 5. The van der Waals surface area contributed by atoms with E-state index in [0.717, 1.165) is 19.3 Å². The summed E-state index contributed by atoms with van der Waals surface area (Å²) in [6.07, 6.45) is 10.2. The van der Waals surface area contributed by atoms with Gasteiger partial charge in [0.25, 0.3) is 5.91 Å². The van der Waals surface area contributed by atoms with E-state index in [4.69, 9.17) is 4.74 Å². The molecule has 0 bridgehead atoms. The van der Waals surface area contributed by atoms with Crippen LogP contribution in [0.25, 0.3) is 6.20 Å². The number of ether oxygens (including phenoxy) is 1. The molecule has 2 aliphatic rings. The second-order valence-electron chi connectivity index (χ2n) is 11.3. The molecule has 1 saturated carbocycles. The average Bonchev–Trinajstić information content (AvgIpc) is 3.19. The van der Waals surface area contributed by atoms with Crippen molar-refractivity contribution in [2.75, 3.05) is 13.2 Å². The van der Waals surface area contributed by atoms with Crippen molar-refractivity contribution in [1.29, 1.82) is 0 Å². The Balaban J connectivity index is 1.79. The molecule has 0 aromatic carbocycles. The number of nitrogens with zero attached hydrogens (tertiary/aromatic N) is 2. The maximum absolute atomic E-state index is 13.6. The largest absolute Gasteiger partial charge is 0.477 e. The first-order chi connectivity index (χ1) is 17.4. The van der Waals surface area contributed by atoms with Crippen LogP contribution in [0.2, 0.25) is 0 Å². The molecule has 0 aliphatic heterocycles. The van der Waals surface area contributed by atoms with Crippen molar-refractivity contribution >= 4 is 23.9 Å². The number of nitrogens with one attached hydrogen (secondary N) is 3. The number of hydrogen-bond donors (Lipinski definition) is 3. The molecule has 0 saturated heterocycles. The van der Waals surface area contributed by atoms with Crippen LogP contribution in [0, 0.1) is 23.7 Å². The van der Waals surface area contributed by atoms with Crippen molar-refractivity contribution in [3.8, 4) is 5.88 Å². The van der Waals surface area contributed by atoms with Gasteiger partial charge in [0.2, 0.25) is 17.7 Å². The molecular weight excluding hydrogens is 470 g/mol. The predicted molar refractivity (Wildman–Crippen MR) is 144 cm³/mol. The van der Waals surface area contributed by atoms with Gasteiger partial charge in [0.15, 0.2) is 0 Å². The van der Waals surface area contributed by atoms with Gasteiger partial charge in [-0.05, 0) is 50.5 Å². The molecule has 1 aromatic heterocycles. The van der Waals surface area contributed by atoms with E-state index in [2.05, 4.69) is 34.0 Å². The summed E-state index contributed by atoms with van der Waals surface area (Å²) in [6, 6.07) is 0.0293. The van der Waals surface area contributed by atoms with Gasteiger partial charge in [0.1, 0.15) is 5.56 Å². The van der Waals surface area contributed by atoms with Gasteiger partial charge in [-0.3, -0.25) is 14.4 Å². The highest BCUT2D eigenvalue weighted by atomic mass is 16.5. The van der Waals surface area contributed by atoms with Gasteiger partial charge >= 0.3 is 0 Å². The van der Waals surface area contributed by atoms with Crippen LogP contribution < -0.4 is 20.7 Å². The zero-order chi connectivity index (χ0) is 27.3. The summed E-state index contributed by atoms with van der Waals surface area (Å²) in [5.41, 5.74) is 1.15. The lowest BCUT2D eigenvalue weighted by Gasteiger charge is -2.49. The van der Waals surface area contributed by atoms with Crippen LogP contribution in [0.4, 0.5) is 0 Å². The monoisotopic (exact) mass is 513 g/mol. The fourth-order valence-corrected chi connectivity index (χ4v) is 5.25. The highest BCUT2D eigenvalue weighted by Gasteiger charge is 2.45. The number of carbonyl (C=O) groups is 3. The standard InChI is InChI=1S/C28H43N5O4/c1-8-20-9-10-22-21(14-29-18(4)34)13-23(22)25(20)31-26(36)24-15-30-33(27(24)37-16-17(2)3)12-11-28(6,7)32-19(5)35/h10-12,15,17,20-21,23,25H,8-9,13-14,16H2,1-7H3,(H,29,34)(H,31,36)(H,32,35)/b12-11+/t20?,21-,23?,25+/m0/s1. The van der Waals surface area contributed by atoms with Gasteiger partial charge in [-0.25, -0.2) is 4.68 Å². The van der Waals surface area contributed by atoms with E-state index < -0.39 is 5.54 Å². The second-order valence-corrected chi connectivity index (χ2v) is 11.3. The number of carbonyl (C=O) groups excluding carboxylic acids is 3. The zero-order valence-corrected chi connectivity index (χ0v) is 23.3. The van der Waals surface area contributed by atoms with Crippen molar-refractivity contribution in [3.05, 3.63) is 29.5 Å². The van der Waals surface area contributed by atoms with Crippen molar-refractivity contribution in [2.45, 2.75) is 79.3 Å². The summed E-state index contributed by atoms with van der Waals surface area (Å²) in [7, 11) is 0. The van der Waals surface area contributed by atoms with Gasteiger partial charge in [-0.1, -0.05) is 38.8 Å². The molecular formula is C28H43N5O4. The molecule has 9 heteroatoms. The summed E-state index contributed by atoms with van der Waals surface area (Å²) >= 11 is 0. The number of fused-ring (bicyclic) bond motifs is 1. The molecule has 3 N–H and O–H groups in total. The number of aromatic nitrogens is 2. The maximum Gasteiger partial charge on any atom is 0.258 e. The van der Waals surface area contributed by atoms with Crippen LogP contribution in [-0.2, 0) is 9.59 Å². The molecule has 37 heavy (non-hydrogen) atoms. The fraction of sp³-hybridized carbons (Fsp3) is 0.643. The molecule has 2 unspecified atom stereocenters. The minimum absolute atomic E-state index is 0.0170. The topological polar surface area (TPSA) is 114 Å². The second kappa shape index (κ2) is 12.0. The molecule has 0 spiro atoms. The summed E-state index contributed by atoms with van der Waals surface area (Å²) in [4.78, 5) is 36.5. The molecule has 3 rings (SSSR count). The predicted octanol–water partition coefficient (Wildman–Crippen LogP) is 3.53. The third kappa shape index (κ3) is 7.23. The molecule has 4 atom stereocenters. The summed E-state index contributed by atoms with van der Waals surface area (Å²) < 4.78 is 7.62. The van der Waals surface area contributed by atoms with E-state index in [1.165, 1.54) is 19.4 Å². The maximum atomic E-state index is 13.6. The Hall–Kier alpha value is -3.10. The minimum atomic E-state index is -0.591. The highest BCUT2D eigenvalue weighted by Crippen LogP contribution is 2.48. The molecule has 1 fully saturated rings. The van der Waals surface area contributed by atoms with Crippen LogP contribution in [0.15, 0.2) is 23.9 Å². The molecule has 0 radical (unpaired) electrons. The number of allylic oxidation sites excluding steroid dienone is 1. The Morgan fingerprint density at radius 2 is 1.97 bits per heavy atom. The third-order valence-electron chi connectivity index (χ3n) is 7.13. The van der Waals surface area contributed by atoms with Crippen molar-refractivity contribution < 1.29 is 19.1 Å².